The van der Waals surface area contributed by atoms with Gasteiger partial charge in [0.1, 0.15) is 0 Å². The zero-order valence-electron chi connectivity index (χ0n) is 10.2. The standard InChI is InChI=1S/C13H22N2O/c1-11-5-7-13(8-6-11)15(2)9-3-4-12(14)10-16/h3-4,9-11,13H,5-8,14H2,1-2H3/b9-3-,12-4+. The molecule has 0 aliphatic heterocycles. The molecular weight excluding hydrogens is 200 g/mol. The number of hydrogen-bond donors (Lipinski definition) is 1. The maximum absolute atomic E-state index is 10.3. The average molecular weight is 222 g/mol. The Hall–Kier alpha value is -1.25. The molecule has 0 radical (unpaired) electrons. The molecule has 0 aromatic rings. The summed E-state index contributed by atoms with van der Waals surface area (Å²) in [7, 11) is 2.09. The van der Waals surface area contributed by atoms with Gasteiger partial charge in [-0.05, 0) is 50.0 Å². The number of carbonyl (C=O) groups excluding carboxylic acids is 1. The average Bonchev–Trinajstić information content (AvgIpc) is 2.29. The number of carbonyl (C=O) groups is 1. The molecule has 16 heavy (non-hydrogen) atoms. The molecule has 0 atom stereocenters. The van der Waals surface area contributed by atoms with Crippen LogP contribution in [0, 0.1) is 5.92 Å². The van der Waals surface area contributed by atoms with E-state index < -0.39 is 0 Å². The quantitative estimate of drug-likeness (QED) is 0.450. The van der Waals surface area contributed by atoms with Crippen molar-refractivity contribution < 1.29 is 4.79 Å². The van der Waals surface area contributed by atoms with Crippen LogP contribution in [-0.2, 0) is 4.79 Å². The predicted molar refractivity (Wildman–Crippen MR) is 66.7 cm³/mol. The summed E-state index contributed by atoms with van der Waals surface area (Å²) in [6, 6.07) is 0.637. The van der Waals surface area contributed by atoms with Crippen molar-refractivity contribution in [1.29, 1.82) is 0 Å². The Kier molecular flexibility index (Phi) is 5.09. The van der Waals surface area contributed by atoms with Crippen molar-refractivity contribution in [3.63, 3.8) is 0 Å². The Bertz CT molecular complexity index is 276. The van der Waals surface area contributed by atoms with Crippen LogP contribution in [0.1, 0.15) is 32.6 Å². The van der Waals surface area contributed by atoms with E-state index in [0.717, 1.165) is 5.92 Å². The lowest BCUT2D eigenvalue weighted by molar-refractivity contribution is -0.104. The molecule has 1 aliphatic rings. The predicted octanol–water partition coefficient (Wildman–Crippen LogP) is 2.05. The van der Waals surface area contributed by atoms with Crippen molar-refractivity contribution in [2.45, 2.75) is 38.6 Å². The summed E-state index contributed by atoms with van der Waals surface area (Å²) in [6.07, 6.45) is 11.3. The highest BCUT2D eigenvalue weighted by Crippen LogP contribution is 2.26. The van der Waals surface area contributed by atoms with E-state index in [1.54, 1.807) is 6.08 Å². The maximum atomic E-state index is 10.3. The number of allylic oxidation sites excluding steroid dienone is 3. The minimum atomic E-state index is 0.266. The highest BCUT2D eigenvalue weighted by molar-refractivity contribution is 5.72. The molecular formula is C13H22N2O. The third-order valence-corrected chi connectivity index (χ3v) is 3.31. The Morgan fingerprint density at radius 2 is 1.94 bits per heavy atom. The molecule has 1 saturated carbocycles. The third kappa shape index (κ3) is 4.09. The first kappa shape index (κ1) is 12.8. The Morgan fingerprint density at radius 1 is 1.31 bits per heavy atom. The summed E-state index contributed by atoms with van der Waals surface area (Å²) in [5, 5.41) is 0. The van der Waals surface area contributed by atoms with Gasteiger partial charge in [0.15, 0.2) is 6.29 Å². The number of rotatable bonds is 4. The molecule has 0 amide bonds. The van der Waals surface area contributed by atoms with E-state index in [-0.39, 0.29) is 5.70 Å². The number of nitrogens with zero attached hydrogens (tertiary/aromatic N) is 1. The van der Waals surface area contributed by atoms with Gasteiger partial charge < -0.3 is 10.6 Å². The highest BCUT2D eigenvalue weighted by Gasteiger charge is 2.19. The first-order valence-electron chi connectivity index (χ1n) is 5.94. The lowest BCUT2D eigenvalue weighted by Crippen LogP contribution is -2.30. The van der Waals surface area contributed by atoms with Crippen LogP contribution < -0.4 is 5.73 Å². The van der Waals surface area contributed by atoms with Gasteiger partial charge in [-0.1, -0.05) is 6.92 Å². The molecule has 0 aromatic carbocycles. The molecule has 2 N–H and O–H groups in total. The summed E-state index contributed by atoms with van der Waals surface area (Å²) in [6.45, 7) is 2.32. The maximum Gasteiger partial charge on any atom is 0.165 e. The van der Waals surface area contributed by atoms with Crippen LogP contribution in [0.4, 0.5) is 0 Å². The molecule has 0 heterocycles. The molecule has 90 valence electrons. The second kappa shape index (κ2) is 6.36. The molecule has 1 rings (SSSR count). The van der Waals surface area contributed by atoms with Gasteiger partial charge in [0.2, 0.25) is 0 Å². The Labute approximate surface area is 98.0 Å². The fourth-order valence-electron chi connectivity index (χ4n) is 2.10. The van der Waals surface area contributed by atoms with E-state index in [0.29, 0.717) is 12.3 Å². The van der Waals surface area contributed by atoms with Gasteiger partial charge in [-0.3, -0.25) is 4.79 Å². The van der Waals surface area contributed by atoms with Gasteiger partial charge in [-0.15, -0.1) is 0 Å². The summed E-state index contributed by atoms with van der Waals surface area (Å²) in [4.78, 5) is 12.5. The molecule has 0 saturated heterocycles. The molecule has 1 fully saturated rings. The van der Waals surface area contributed by atoms with Crippen molar-refractivity contribution >= 4 is 6.29 Å². The van der Waals surface area contributed by atoms with Gasteiger partial charge in [0.25, 0.3) is 0 Å². The van der Waals surface area contributed by atoms with E-state index in [1.165, 1.54) is 25.7 Å². The number of nitrogens with two attached hydrogens (primary N) is 1. The lowest BCUT2D eigenvalue weighted by Gasteiger charge is -2.32. The molecule has 1 aliphatic carbocycles. The van der Waals surface area contributed by atoms with Crippen LogP contribution >= 0.6 is 0 Å². The molecule has 0 aromatic heterocycles. The topological polar surface area (TPSA) is 46.3 Å². The van der Waals surface area contributed by atoms with Gasteiger partial charge in [-0.25, -0.2) is 0 Å². The fourth-order valence-corrected chi connectivity index (χ4v) is 2.10. The molecule has 0 unspecified atom stereocenters. The summed E-state index contributed by atoms with van der Waals surface area (Å²) in [5.41, 5.74) is 5.64. The van der Waals surface area contributed by atoms with Gasteiger partial charge in [-0.2, -0.15) is 0 Å². The van der Waals surface area contributed by atoms with Crippen LogP contribution in [0.3, 0.4) is 0 Å². The van der Waals surface area contributed by atoms with E-state index in [9.17, 15) is 4.79 Å². The van der Waals surface area contributed by atoms with E-state index in [2.05, 4.69) is 18.9 Å². The van der Waals surface area contributed by atoms with Crippen molar-refractivity contribution in [3.8, 4) is 0 Å². The van der Waals surface area contributed by atoms with Crippen molar-refractivity contribution in [2.75, 3.05) is 7.05 Å². The van der Waals surface area contributed by atoms with Crippen molar-refractivity contribution in [2.24, 2.45) is 11.7 Å². The zero-order valence-corrected chi connectivity index (χ0v) is 10.2. The molecule has 3 heteroatoms. The SMILES string of the molecule is CC1CCC(N(C)/C=C\C=C(\N)C=O)CC1. The van der Waals surface area contributed by atoms with E-state index in [4.69, 9.17) is 5.73 Å². The second-order valence-electron chi connectivity index (χ2n) is 4.71. The van der Waals surface area contributed by atoms with Crippen LogP contribution in [0.25, 0.3) is 0 Å². The normalized spacial score (nSPS) is 27.0. The molecule has 0 bridgehead atoms. The second-order valence-corrected chi connectivity index (χ2v) is 4.71. The monoisotopic (exact) mass is 222 g/mol. The smallest absolute Gasteiger partial charge is 0.165 e. The summed E-state index contributed by atoms with van der Waals surface area (Å²) < 4.78 is 0. The summed E-state index contributed by atoms with van der Waals surface area (Å²) >= 11 is 0. The van der Waals surface area contributed by atoms with E-state index in [1.807, 2.05) is 12.3 Å². The first-order chi connectivity index (χ1) is 7.63. The van der Waals surface area contributed by atoms with E-state index >= 15 is 0 Å². The molecule has 0 spiro atoms. The van der Waals surface area contributed by atoms with Gasteiger partial charge >= 0.3 is 0 Å². The van der Waals surface area contributed by atoms with Crippen LogP contribution in [-0.4, -0.2) is 24.3 Å². The molecule has 3 nitrogen and oxygen atoms in total. The zero-order chi connectivity index (χ0) is 12.0. The van der Waals surface area contributed by atoms with Crippen LogP contribution in [0.2, 0.25) is 0 Å². The minimum Gasteiger partial charge on any atom is -0.396 e. The summed E-state index contributed by atoms with van der Waals surface area (Å²) in [5.74, 6) is 0.874. The van der Waals surface area contributed by atoms with Gasteiger partial charge in [0, 0.05) is 13.1 Å². The van der Waals surface area contributed by atoms with Crippen LogP contribution in [0.5, 0.6) is 0 Å². The first-order valence-corrected chi connectivity index (χ1v) is 5.94. The number of aldehydes is 1. The highest BCUT2D eigenvalue weighted by atomic mass is 16.1. The minimum absolute atomic E-state index is 0.266. The Morgan fingerprint density at radius 3 is 2.50 bits per heavy atom. The van der Waals surface area contributed by atoms with Crippen molar-refractivity contribution in [1.82, 2.24) is 4.90 Å². The largest absolute Gasteiger partial charge is 0.396 e. The van der Waals surface area contributed by atoms with Crippen molar-refractivity contribution in [3.05, 3.63) is 24.0 Å². The fraction of sp³-hybridized carbons (Fsp3) is 0.615. The van der Waals surface area contributed by atoms with Crippen LogP contribution in [0.15, 0.2) is 24.0 Å². The van der Waals surface area contributed by atoms with Gasteiger partial charge in [0.05, 0.1) is 5.70 Å². The Balaban J connectivity index is 2.40. The lowest BCUT2D eigenvalue weighted by atomic mass is 9.87. The third-order valence-electron chi connectivity index (χ3n) is 3.31. The number of hydrogen-bond acceptors (Lipinski definition) is 3.